The lowest BCUT2D eigenvalue weighted by Gasteiger charge is -2.19. The predicted molar refractivity (Wildman–Crippen MR) is 73.6 cm³/mol. The molecule has 0 bridgehead atoms. The standard InChI is InChI=1S/C14H28N2/c1-6-9-10-14(13(4)8-3)12-16(15-5)11-7-2/h12-13H,5-11H2,1-4H3/b14-12-. The fourth-order valence-electron chi connectivity index (χ4n) is 1.68. The van der Waals surface area contributed by atoms with Gasteiger partial charge >= 0.3 is 0 Å². The molecule has 0 heterocycles. The monoisotopic (exact) mass is 224 g/mol. The van der Waals surface area contributed by atoms with Gasteiger partial charge in [-0.3, -0.25) is 5.01 Å². The topological polar surface area (TPSA) is 15.6 Å². The molecule has 1 unspecified atom stereocenters. The highest BCUT2D eigenvalue weighted by atomic mass is 15.4. The van der Waals surface area contributed by atoms with Crippen molar-refractivity contribution in [2.24, 2.45) is 11.0 Å². The normalized spacial score (nSPS) is 13.6. The quantitative estimate of drug-likeness (QED) is 0.418. The van der Waals surface area contributed by atoms with Crippen LogP contribution in [-0.2, 0) is 0 Å². The van der Waals surface area contributed by atoms with Crippen molar-refractivity contribution in [2.45, 2.75) is 59.8 Å². The summed E-state index contributed by atoms with van der Waals surface area (Å²) in [5, 5.41) is 6.03. The maximum absolute atomic E-state index is 4.05. The molecule has 16 heavy (non-hydrogen) atoms. The van der Waals surface area contributed by atoms with E-state index in [0.29, 0.717) is 5.92 Å². The molecule has 0 spiro atoms. The van der Waals surface area contributed by atoms with Crippen LogP contribution < -0.4 is 0 Å². The lowest BCUT2D eigenvalue weighted by atomic mass is 9.95. The molecule has 0 aliphatic carbocycles. The molecule has 0 aromatic rings. The number of hydrazone groups is 1. The number of allylic oxidation sites excluding steroid dienone is 1. The van der Waals surface area contributed by atoms with Gasteiger partial charge in [0.05, 0.1) is 0 Å². The van der Waals surface area contributed by atoms with E-state index in [9.17, 15) is 0 Å². The van der Waals surface area contributed by atoms with Crippen LogP contribution in [-0.4, -0.2) is 18.3 Å². The summed E-state index contributed by atoms with van der Waals surface area (Å²) in [5.74, 6) is 0.660. The second-order valence-electron chi connectivity index (χ2n) is 4.42. The number of nitrogens with zero attached hydrogens (tertiary/aromatic N) is 2. The van der Waals surface area contributed by atoms with E-state index in [1.807, 2.05) is 5.01 Å². The maximum atomic E-state index is 4.05. The van der Waals surface area contributed by atoms with Crippen LogP contribution in [0.1, 0.15) is 59.8 Å². The smallest absolute Gasteiger partial charge is 0.0406 e. The number of hydrogen-bond donors (Lipinski definition) is 0. The molecule has 2 nitrogen and oxygen atoms in total. The number of unbranched alkanes of at least 4 members (excludes halogenated alkanes) is 1. The molecule has 0 aliphatic rings. The van der Waals surface area contributed by atoms with Gasteiger partial charge < -0.3 is 0 Å². The van der Waals surface area contributed by atoms with Gasteiger partial charge in [-0.05, 0) is 37.2 Å². The number of hydrogen-bond acceptors (Lipinski definition) is 2. The summed E-state index contributed by atoms with van der Waals surface area (Å²) in [6.07, 6.45) is 8.24. The third-order valence-corrected chi connectivity index (χ3v) is 3.01. The largest absolute Gasteiger partial charge is 0.273 e. The highest BCUT2D eigenvalue weighted by Crippen LogP contribution is 2.21. The Morgan fingerprint density at radius 2 is 2.00 bits per heavy atom. The minimum absolute atomic E-state index is 0.660. The van der Waals surface area contributed by atoms with Crippen molar-refractivity contribution in [3.05, 3.63) is 11.8 Å². The Hall–Kier alpha value is -0.790. The van der Waals surface area contributed by atoms with Crippen LogP contribution in [0.4, 0.5) is 0 Å². The Morgan fingerprint density at radius 1 is 1.31 bits per heavy atom. The van der Waals surface area contributed by atoms with Crippen LogP contribution in [0.2, 0.25) is 0 Å². The highest BCUT2D eigenvalue weighted by molar-refractivity contribution is 5.23. The van der Waals surface area contributed by atoms with Crippen LogP contribution >= 0.6 is 0 Å². The summed E-state index contributed by atoms with van der Waals surface area (Å²) in [5.41, 5.74) is 1.52. The highest BCUT2D eigenvalue weighted by Gasteiger charge is 2.08. The summed E-state index contributed by atoms with van der Waals surface area (Å²) in [7, 11) is 0. The first-order chi connectivity index (χ1) is 7.69. The third kappa shape index (κ3) is 5.94. The summed E-state index contributed by atoms with van der Waals surface area (Å²) >= 11 is 0. The van der Waals surface area contributed by atoms with Crippen molar-refractivity contribution in [1.29, 1.82) is 0 Å². The zero-order valence-corrected chi connectivity index (χ0v) is 11.5. The lowest BCUT2D eigenvalue weighted by molar-refractivity contribution is 0.390. The SMILES string of the molecule is C=NN(/C=C(/CCCC)C(C)CC)CCC. The molecule has 0 N–H and O–H groups in total. The summed E-state index contributed by atoms with van der Waals surface area (Å²) in [6, 6.07) is 0. The van der Waals surface area contributed by atoms with Gasteiger partial charge in [-0.1, -0.05) is 34.1 Å². The molecule has 2 heteroatoms. The van der Waals surface area contributed by atoms with Crippen molar-refractivity contribution < 1.29 is 0 Å². The molecule has 0 aromatic carbocycles. The molecular weight excluding hydrogens is 196 g/mol. The second-order valence-corrected chi connectivity index (χ2v) is 4.42. The van der Waals surface area contributed by atoms with E-state index in [2.05, 4.69) is 45.7 Å². The van der Waals surface area contributed by atoms with E-state index in [4.69, 9.17) is 0 Å². The Bertz CT molecular complexity index is 209. The summed E-state index contributed by atoms with van der Waals surface area (Å²) < 4.78 is 0. The molecular formula is C14H28N2. The summed E-state index contributed by atoms with van der Waals surface area (Å²) in [4.78, 5) is 0. The van der Waals surface area contributed by atoms with E-state index in [1.54, 1.807) is 0 Å². The van der Waals surface area contributed by atoms with Crippen molar-refractivity contribution in [3.8, 4) is 0 Å². The van der Waals surface area contributed by atoms with Crippen molar-refractivity contribution in [3.63, 3.8) is 0 Å². The molecule has 0 aliphatic heterocycles. The fourth-order valence-corrected chi connectivity index (χ4v) is 1.68. The van der Waals surface area contributed by atoms with E-state index in [-0.39, 0.29) is 0 Å². The zero-order valence-electron chi connectivity index (χ0n) is 11.5. The minimum Gasteiger partial charge on any atom is -0.273 e. The molecule has 0 saturated heterocycles. The Balaban J connectivity index is 4.55. The molecule has 0 fully saturated rings. The zero-order chi connectivity index (χ0) is 12.4. The minimum atomic E-state index is 0.660. The van der Waals surface area contributed by atoms with Gasteiger partial charge in [-0.15, -0.1) is 0 Å². The third-order valence-electron chi connectivity index (χ3n) is 3.01. The first-order valence-electron chi connectivity index (χ1n) is 6.63. The molecule has 0 rings (SSSR count). The van der Waals surface area contributed by atoms with Gasteiger partial charge in [0.15, 0.2) is 0 Å². The Kier molecular flexibility index (Phi) is 8.97. The van der Waals surface area contributed by atoms with Crippen molar-refractivity contribution >= 4 is 6.72 Å². The first-order valence-corrected chi connectivity index (χ1v) is 6.63. The number of rotatable bonds is 9. The molecule has 0 saturated carbocycles. The van der Waals surface area contributed by atoms with Gasteiger partial charge in [0.1, 0.15) is 0 Å². The van der Waals surface area contributed by atoms with Crippen molar-refractivity contribution in [2.75, 3.05) is 6.54 Å². The van der Waals surface area contributed by atoms with Crippen LogP contribution in [0, 0.1) is 5.92 Å². The lowest BCUT2D eigenvalue weighted by Crippen LogP contribution is -2.13. The summed E-state index contributed by atoms with van der Waals surface area (Å²) in [6.45, 7) is 13.6. The van der Waals surface area contributed by atoms with E-state index >= 15 is 0 Å². The van der Waals surface area contributed by atoms with Gasteiger partial charge in [-0.2, -0.15) is 5.10 Å². The van der Waals surface area contributed by atoms with Gasteiger partial charge in [0.2, 0.25) is 0 Å². The maximum Gasteiger partial charge on any atom is 0.0406 e. The molecule has 0 radical (unpaired) electrons. The Labute approximate surface area is 101 Å². The van der Waals surface area contributed by atoms with Gasteiger partial charge in [0, 0.05) is 19.5 Å². The van der Waals surface area contributed by atoms with E-state index in [1.165, 1.54) is 31.3 Å². The molecule has 0 aromatic heterocycles. The van der Waals surface area contributed by atoms with E-state index < -0.39 is 0 Å². The molecule has 94 valence electrons. The second kappa shape index (κ2) is 9.44. The molecule has 0 amide bonds. The molecule has 1 atom stereocenters. The van der Waals surface area contributed by atoms with Crippen LogP contribution in [0.25, 0.3) is 0 Å². The van der Waals surface area contributed by atoms with Crippen LogP contribution in [0.5, 0.6) is 0 Å². The van der Waals surface area contributed by atoms with E-state index in [0.717, 1.165) is 13.0 Å². The van der Waals surface area contributed by atoms with Crippen LogP contribution in [0.15, 0.2) is 16.9 Å². The van der Waals surface area contributed by atoms with Crippen molar-refractivity contribution in [1.82, 2.24) is 5.01 Å². The fraction of sp³-hybridized carbons (Fsp3) is 0.786. The Morgan fingerprint density at radius 3 is 2.44 bits per heavy atom. The van der Waals surface area contributed by atoms with Gasteiger partial charge in [0.25, 0.3) is 0 Å². The average Bonchev–Trinajstić information content (AvgIpc) is 2.32. The first kappa shape index (κ1) is 15.2. The van der Waals surface area contributed by atoms with Gasteiger partial charge in [-0.25, -0.2) is 0 Å². The average molecular weight is 224 g/mol. The van der Waals surface area contributed by atoms with Crippen LogP contribution in [0.3, 0.4) is 0 Å². The predicted octanol–water partition coefficient (Wildman–Crippen LogP) is 4.43.